The second-order valence-corrected chi connectivity index (χ2v) is 6.11. The first-order valence-electron chi connectivity index (χ1n) is 7.81. The number of carbonyl (C=O) groups excluding carboxylic acids is 1. The van der Waals surface area contributed by atoms with Crippen molar-refractivity contribution in [2.45, 2.75) is 46.3 Å². The number of alkyl carbamates (subject to hydrolysis) is 1. The summed E-state index contributed by atoms with van der Waals surface area (Å²) in [7, 11) is 0. The first kappa shape index (κ1) is 18.2. The van der Waals surface area contributed by atoms with Crippen molar-refractivity contribution in [1.29, 1.82) is 0 Å². The number of hydrogen-bond donors (Lipinski definition) is 2. The van der Waals surface area contributed by atoms with Crippen LogP contribution in [0.25, 0.3) is 0 Å². The number of benzene rings is 1. The Morgan fingerprint density at radius 3 is 2.41 bits per heavy atom. The number of amides is 1. The van der Waals surface area contributed by atoms with Gasteiger partial charge in [-0.15, -0.1) is 0 Å². The molecule has 4 heteroatoms. The summed E-state index contributed by atoms with van der Waals surface area (Å²) in [6.07, 6.45) is 4.59. The quantitative estimate of drug-likeness (QED) is 0.599. The fraction of sp³-hybridized carbons (Fsp3) is 0.500. The number of carbonyl (C=O) groups is 1. The SMILES string of the molecule is CCc1ccccc1CNC/C=C/CNC(=O)OC(C)(C)C. The number of rotatable bonds is 7. The number of hydrogen-bond acceptors (Lipinski definition) is 3. The van der Waals surface area contributed by atoms with Crippen LogP contribution in [0.1, 0.15) is 38.8 Å². The van der Waals surface area contributed by atoms with E-state index in [1.165, 1.54) is 11.1 Å². The highest BCUT2D eigenvalue weighted by Gasteiger charge is 2.14. The molecule has 0 spiro atoms. The predicted molar refractivity (Wildman–Crippen MR) is 90.9 cm³/mol. The summed E-state index contributed by atoms with van der Waals surface area (Å²) in [6, 6.07) is 8.46. The third kappa shape index (κ3) is 7.84. The first-order chi connectivity index (χ1) is 10.4. The van der Waals surface area contributed by atoms with E-state index in [0.717, 1.165) is 19.5 Å². The summed E-state index contributed by atoms with van der Waals surface area (Å²) < 4.78 is 5.15. The number of ether oxygens (including phenoxy) is 1. The van der Waals surface area contributed by atoms with Gasteiger partial charge in [-0.2, -0.15) is 0 Å². The van der Waals surface area contributed by atoms with Crippen LogP contribution < -0.4 is 10.6 Å². The van der Waals surface area contributed by atoms with Crippen LogP contribution in [0.4, 0.5) is 4.79 Å². The van der Waals surface area contributed by atoms with Crippen molar-refractivity contribution in [3.63, 3.8) is 0 Å². The molecule has 0 saturated carbocycles. The zero-order valence-electron chi connectivity index (χ0n) is 14.1. The first-order valence-corrected chi connectivity index (χ1v) is 7.81. The van der Waals surface area contributed by atoms with Gasteiger partial charge in [-0.3, -0.25) is 0 Å². The van der Waals surface area contributed by atoms with Crippen molar-refractivity contribution >= 4 is 6.09 Å². The van der Waals surface area contributed by atoms with E-state index < -0.39 is 5.60 Å². The van der Waals surface area contributed by atoms with Gasteiger partial charge in [-0.25, -0.2) is 4.79 Å². The van der Waals surface area contributed by atoms with E-state index in [2.05, 4.69) is 41.8 Å². The van der Waals surface area contributed by atoms with Gasteiger partial charge in [0.1, 0.15) is 5.60 Å². The molecule has 1 aromatic carbocycles. The highest BCUT2D eigenvalue weighted by atomic mass is 16.6. The van der Waals surface area contributed by atoms with Gasteiger partial charge in [0.05, 0.1) is 0 Å². The van der Waals surface area contributed by atoms with E-state index in [1.54, 1.807) is 0 Å². The van der Waals surface area contributed by atoms with Crippen molar-refractivity contribution in [3.05, 3.63) is 47.5 Å². The number of aryl methyl sites for hydroxylation is 1. The van der Waals surface area contributed by atoms with Gasteiger partial charge in [-0.05, 0) is 38.3 Å². The van der Waals surface area contributed by atoms with Crippen LogP contribution in [-0.2, 0) is 17.7 Å². The molecule has 4 nitrogen and oxygen atoms in total. The second kappa shape index (κ2) is 9.26. The van der Waals surface area contributed by atoms with E-state index >= 15 is 0 Å². The molecule has 0 radical (unpaired) electrons. The fourth-order valence-electron chi connectivity index (χ4n) is 1.99. The average molecular weight is 304 g/mol. The van der Waals surface area contributed by atoms with Crippen molar-refractivity contribution in [2.24, 2.45) is 0 Å². The Hall–Kier alpha value is -1.81. The van der Waals surface area contributed by atoms with Crippen LogP contribution >= 0.6 is 0 Å². The molecule has 0 fully saturated rings. The molecule has 122 valence electrons. The minimum atomic E-state index is -0.456. The third-order valence-corrected chi connectivity index (χ3v) is 3.01. The van der Waals surface area contributed by atoms with Crippen LogP contribution in [0.2, 0.25) is 0 Å². The molecule has 0 heterocycles. The Bertz CT molecular complexity index is 490. The smallest absolute Gasteiger partial charge is 0.407 e. The molecule has 1 rings (SSSR count). The van der Waals surface area contributed by atoms with Gasteiger partial charge in [0.15, 0.2) is 0 Å². The molecule has 0 aliphatic heterocycles. The Labute approximate surface area is 133 Å². The Balaban J connectivity index is 2.18. The van der Waals surface area contributed by atoms with E-state index in [4.69, 9.17) is 4.74 Å². The van der Waals surface area contributed by atoms with Crippen LogP contribution in [0.15, 0.2) is 36.4 Å². The van der Waals surface area contributed by atoms with Gasteiger partial charge in [0.25, 0.3) is 0 Å². The maximum absolute atomic E-state index is 11.4. The molecule has 0 saturated heterocycles. The van der Waals surface area contributed by atoms with Crippen LogP contribution in [-0.4, -0.2) is 24.8 Å². The van der Waals surface area contributed by atoms with Crippen LogP contribution in [0.3, 0.4) is 0 Å². The van der Waals surface area contributed by atoms with Gasteiger partial charge < -0.3 is 15.4 Å². The number of nitrogens with one attached hydrogen (secondary N) is 2. The largest absolute Gasteiger partial charge is 0.444 e. The molecule has 0 atom stereocenters. The summed E-state index contributed by atoms with van der Waals surface area (Å²) in [5.41, 5.74) is 2.26. The molecule has 0 aliphatic rings. The van der Waals surface area contributed by atoms with Crippen molar-refractivity contribution < 1.29 is 9.53 Å². The highest BCUT2D eigenvalue weighted by molar-refractivity contribution is 5.67. The van der Waals surface area contributed by atoms with E-state index in [0.29, 0.717) is 6.54 Å². The lowest BCUT2D eigenvalue weighted by Crippen LogP contribution is -2.32. The lowest BCUT2D eigenvalue weighted by Gasteiger charge is -2.19. The van der Waals surface area contributed by atoms with Gasteiger partial charge in [0.2, 0.25) is 0 Å². The molecular weight excluding hydrogens is 276 g/mol. The molecule has 0 bridgehead atoms. The van der Waals surface area contributed by atoms with Crippen molar-refractivity contribution in [3.8, 4) is 0 Å². The highest BCUT2D eigenvalue weighted by Crippen LogP contribution is 2.08. The maximum Gasteiger partial charge on any atom is 0.407 e. The molecule has 0 unspecified atom stereocenters. The molecular formula is C18H28N2O2. The van der Waals surface area contributed by atoms with Crippen LogP contribution in [0.5, 0.6) is 0 Å². The molecule has 1 amide bonds. The Morgan fingerprint density at radius 2 is 1.77 bits per heavy atom. The zero-order chi connectivity index (χ0) is 16.4. The maximum atomic E-state index is 11.4. The second-order valence-electron chi connectivity index (χ2n) is 6.11. The summed E-state index contributed by atoms with van der Waals surface area (Å²) in [5, 5.41) is 6.06. The Morgan fingerprint density at radius 1 is 1.14 bits per heavy atom. The summed E-state index contributed by atoms with van der Waals surface area (Å²) in [5.74, 6) is 0. The van der Waals surface area contributed by atoms with E-state index in [9.17, 15) is 4.79 Å². The standard InChI is InChI=1S/C18H28N2O2/c1-5-15-10-6-7-11-16(15)14-19-12-8-9-13-20-17(21)22-18(2,3)4/h6-11,19H,5,12-14H2,1-4H3,(H,20,21)/b9-8+. The zero-order valence-corrected chi connectivity index (χ0v) is 14.1. The van der Waals surface area contributed by atoms with Gasteiger partial charge in [-0.1, -0.05) is 43.3 Å². The minimum Gasteiger partial charge on any atom is -0.444 e. The monoisotopic (exact) mass is 304 g/mol. The molecule has 22 heavy (non-hydrogen) atoms. The average Bonchev–Trinajstić information content (AvgIpc) is 2.44. The molecule has 1 aromatic rings. The molecule has 0 aromatic heterocycles. The van der Waals surface area contributed by atoms with E-state index in [-0.39, 0.29) is 6.09 Å². The Kier molecular flexibility index (Phi) is 7.67. The lowest BCUT2D eigenvalue weighted by atomic mass is 10.1. The third-order valence-electron chi connectivity index (χ3n) is 3.01. The van der Waals surface area contributed by atoms with E-state index in [1.807, 2.05) is 32.9 Å². The summed E-state index contributed by atoms with van der Waals surface area (Å²) in [4.78, 5) is 11.4. The fourth-order valence-corrected chi connectivity index (χ4v) is 1.99. The lowest BCUT2D eigenvalue weighted by molar-refractivity contribution is 0.0534. The minimum absolute atomic E-state index is 0.387. The summed E-state index contributed by atoms with van der Waals surface area (Å²) >= 11 is 0. The van der Waals surface area contributed by atoms with Crippen LogP contribution in [0, 0.1) is 0 Å². The molecule has 2 N–H and O–H groups in total. The van der Waals surface area contributed by atoms with Gasteiger partial charge >= 0.3 is 6.09 Å². The normalized spacial score (nSPS) is 11.6. The van der Waals surface area contributed by atoms with Crippen molar-refractivity contribution in [2.75, 3.05) is 13.1 Å². The van der Waals surface area contributed by atoms with Gasteiger partial charge in [0, 0.05) is 19.6 Å². The predicted octanol–water partition coefficient (Wildman–Crippen LogP) is 3.42. The summed E-state index contributed by atoms with van der Waals surface area (Å²) in [6.45, 7) is 9.81. The van der Waals surface area contributed by atoms with Crippen molar-refractivity contribution in [1.82, 2.24) is 10.6 Å². The molecule has 0 aliphatic carbocycles. The topological polar surface area (TPSA) is 50.4 Å².